The minimum absolute atomic E-state index is 0.242. The third-order valence-corrected chi connectivity index (χ3v) is 5.26. The molecule has 9 heteroatoms. The predicted molar refractivity (Wildman–Crippen MR) is 117 cm³/mol. The fraction of sp³-hybridized carbons (Fsp3) is 0.167. The zero-order valence-electron chi connectivity index (χ0n) is 17.7. The lowest BCUT2D eigenvalue weighted by molar-refractivity contribution is -0.137. The van der Waals surface area contributed by atoms with Crippen molar-refractivity contribution < 1.29 is 18.0 Å². The number of benzene rings is 1. The highest BCUT2D eigenvalue weighted by Gasteiger charge is 2.30. The zero-order chi connectivity index (χ0) is 23.8. The van der Waals surface area contributed by atoms with Crippen LogP contribution in [0.5, 0.6) is 0 Å². The number of aryl methyl sites for hydroxylation is 1. The van der Waals surface area contributed by atoms with Crippen LogP contribution in [0, 0.1) is 6.92 Å². The number of hydrogen-bond acceptors (Lipinski definition) is 4. The number of pyridine rings is 3. The first-order valence-corrected chi connectivity index (χ1v) is 10.1. The first-order valence-electron chi connectivity index (χ1n) is 10.1. The lowest BCUT2D eigenvalue weighted by Crippen LogP contribution is -2.27. The van der Waals surface area contributed by atoms with Crippen molar-refractivity contribution in [1.82, 2.24) is 19.9 Å². The van der Waals surface area contributed by atoms with Crippen molar-refractivity contribution in [1.29, 1.82) is 0 Å². The monoisotopic (exact) mass is 452 g/mol. The van der Waals surface area contributed by atoms with Gasteiger partial charge >= 0.3 is 6.18 Å². The molecule has 0 saturated carbocycles. The standard InChI is InChI=1S/C24H19F3N4O2/c1-14-11-21(32)31(18-8-6-17(7-9-18)24(25,26)27)22-19(14)12-16(13-29-22)23(33)30-15(2)20-5-3-4-10-28-20/h3-13,15H,1-2H3,(H,30,33)/t15-/m0/s1. The Balaban J connectivity index is 1.72. The van der Waals surface area contributed by atoms with Crippen LogP contribution < -0.4 is 10.9 Å². The average molecular weight is 452 g/mol. The van der Waals surface area contributed by atoms with Crippen molar-refractivity contribution in [2.24, 2.45) is 0 Å². The third kappa shape index (κ3) is 4.48. The van der Waals surface area contributed by atoms with Gasteiger partial charge in [-0.3, -0.25) is 19.1 Å². The van der Waals surface area contributed by atoms with Gasteiger partial charge in [0.25, 0.3) is 11.5 Å². The lowest BCUT2D eigenvalue weighted by atomic mass is 10.1. The normalized spacial score (nSPS) is 12.5. The van der Waals surface area contributed by atoms with Crippen molar-refractivity contribution in [3.05, 3.63) is 99.7 Å². The van der Waals surface area contributed by atoms with Crippen LogP contribution in [0.1, 0.15) is 40.1 Å². The van der Waals surface area contributed by atoms with Crippen LogP contribution in [-0.4, -0.2) is 20.4 Å². The SMILES string of the molecule is Cc1cc(=O)n(-c2ccc(C(F)(F)F)cc2)c2ncc(C(=O)N[C@@H](C)c3ccccn3)cc12. The van der Waals surface area contributed by atoms with Crippen LogP contribution in [0.15, 0.2) is 71.8 Å². The number of halogens is 3. The van der Waals surface area contributed by atoms with Gasteiger partial charge in [-0.25, -0.2) is 4.98 Å². The molecule has 0 aliphatic heterocycles. The van der Waals surface area contributed by atoms with Gasteiger partial charge in [0.05, 0.1) is 28.6 Å². The third-order valence-electron chi connectivity index (χ3n) is 5.26. The van der Waals surface area contributed by atoms with E-state index in [1.54, 1.807) is 31.3 Å². The molecule has 168 valence electrons. The van der Waals surface area contributed by atoms with Crippen LogP contribution in [0.25, 0.3) is 16.7 Å². The second-order valence-electron chi connectivity index (χ2n) is 7.59. The molecular weight excluding hydrogens is 433 g/mol. The second-order valence-corrected chi connectivity index (χ2v) is 7.59. The van der Waals surface area contributed by atoms with Crippen molar-refractivity contribution in [3.63, 3.8) is 0 Å². The molecule has 0 spiro atoms. The number of alkyl halides is 3. The molecule has 4 aromatic rings. The number of carbonyl (C=O) groups excluding carboxylic acids is 1. The Morgan fingerprint density at radius 1 is 1.06 bits per heavy atom. The van der Waals surface area contributed by atoms with Crippen LogP contribution in [0.2, 0.25) is 0 Å². The van der Waals surface area contributed by atoms with E-state index in [0.29, 0.717) is 16.6 Å². The van der Waals surface area contributed by atoms with Gasteiger partial charge in [0.15, 0.2) is 0 Å². The van der Waals surface area contributed by atoms with Gasteiger partial charge in [-0.2, -0.15) is 13.2 Å². The van der Waals surface area contributed by atoms with E-state index < -0.39 is 17.3 Å². The van der Waals surface area contributed by atoms with Gasteiger partial charge in [-0.05, 0) is 61.9 Å². The van der Waals surface area contributed by atoms with Crippen LogP contribution in [-0.2, 0) is 6.18 Å². The molecule has 3 heterocycles. The summed E-state index contributed by atoms with van der Waals surface area (Å²) in [7, 11) is 0. The van der Waals surface area contributed by atoms with E-state index in [2.05, 4.69) is 15.3 Å². The molecule has 1 aromatic carbocycles. The number of carbonyl (C=O) groups is 1. The van der Waals surface area contributed by atoms with Gasteiger partial charge in [-0.15, -0.1) is 0 Å². The maximum absolute atomic E-state index is 12.9. The molecule has 0 aliphatic carbocycles. The molecule has 1 N–H and O–H groups in total. The Bertz CT molecular complexity index is 1380. The molecule has 6 nitrogen and oxygen atoms in total. The van der Waals surface area contributed by atoms with Crippen molar-refractivity contribution in [2.75, 3.05) is 0 Å². The van der Waals surface area contributed by atoms with E-state index >= 15 is 0 Å². The van der Waals surface area contributed by atoms with Gasteiger partial charge in [0.1, 0.15) is 5.65 Å². The maximum Gasteiger partial charge on any atom is 0.416 e. The molecule has 33 heavy (non-hydrogen) atoms. The van der Waals surface area contributed by atoms with Gasteiger partial charge in [-0.1, -0.05) is 6.07 Å². The maximum atomic E-state index is 12.9. The van der Waals surface area contributed by atoms with E-state index in [0.717, 1.165) is 12.1 Å². The fourth-order valence-electron chi connectivity index (χ4n) is 3.52. The predicted octanol–water partition coefficient (Wildman–Crippen LogP) is 4.60. The summed E-state index contributed by atoms with van der Waals surface area (Å²) in [4.78, 5) is 34.0. The number of fused-ring (bicyclic) bond motifs is 1. The Kier molecular flexibility index (Phi) is 5.71. The first-order chi connectivity index (χ1) is 15.6. The molecule has 1 amide bonds. The van der Waals surface area contributed by atoms with E-state index in [-0.39, 0.29) is 28.8 Å². The summed E-state index contributed by atoms with van der Waals surface area (Å²) >= 11 is 0. The Labute approximate surface area is 186 Å². The summed E-state index contributed by atoms with van der Waals surface area (Å²) in [5, 5.41) is 3.39. The topological polar surface area (TPSA) is 76.9 Å². The quantitative estimate of drug-likeness (QED) is 0.491. The van der Waals surface area contributed by atoms with E-state index in [1.165, 1.54) is 29.0 Å². The first kappa shape index (κ1) is 22.2. The van der Waals surface area contributed by atoms with Gasteiger partial charge in [0, 0.05) is 23.8 Å². The van der Waals surface area contributed by atoms with E-state index in [4.69, 9.17) is 0 Å². The number of hydrogen-bond donors (Lipinski definition) is 1. The van der Waals surface area contributed by atoms with Gasteiger partial charge < -0.3 is 5.32 Å². The number of rotatable bonds is 4. The summed E-state index contributed by atoms with van der Waals surface area (Å²) in [5.74, 6) is -0.366. The number of nitrogens with zero attached hydrogens (tertiary/aromatic N) is 3. The Morgan fingerprint density at radius 2 is 1.79 bits per heavy atom. The van der Waals surface area contributed by atoms with Crippen LogP contribution >= 0.6 is 0 Å². The molecule has 1 atom stereocenters. The number of nitrogens with one attached hydrogen (secondary N) is 1. The molecule has 0 bridgehead atoms. The van der Waals surface area contributed by atoms with Crippen molar-refractivity contribution in [2.45, 2.75) is 26.1 Å². The molecule has 0 saturated heterocycles. The summed E-state index contributed by atoms with van der Waals surface area (Å²) in [5.41, 5.74) is 0.814. The second kappa shape index (κ2) is 8.50. The average Bonchev–Trinajstić information content (AvgIpc) is 2.79. The molecule has 0 aliphatic rings. The fourth-order valence-corrected chi connectivity index (χ4v) is 3.52. The molecule has 0 unspecified atom stereocenters. The van der Waals surface area contributed by atoms with Crippen LogP contribution in [0.3, 0.4) is 0 Å². The number of aromatic nitrogens is 3. The molecule has 0 radical (unpaired) electrons. The molecular formula is C24H19F3N4O2. The highest BCUT2D eigenvalue weighted by atomic mass is 19.4. The largest absolute Gasteiger partial charge is 0.416 e. The summed E-state index contributed by atoms with van der Waals surface area (Å²) in [6.07, 6.45) is -1.51. The van der Waals surface area contributed by atoms with Crippen molar-refractivity contribution >= 4 is 16.9 Å². The molecule has 0 fully saturated rings. The number of amides is 1. The minimum Gasteiger partial charge on any atom is -0.344 e. The summed E-state index contributed by atoms with van der Waals surface area (Å²) < 4.78 is 39.9. The summed E-state index contributed by atoms with van der Waals surface area (Å²) in [6.45, 7) is 3.52. The van der Waals surface area contributed by atoms with Crippen molar-refractivity contribution in [3.8, 4) is 5.69 Å². The highest BCUT2D eigenvalue weighted by Crippen LogP contribution is 2.30. The Morgan fingerprint density at radius 3 is 2.42 bits per heavy atom. The minimum atomic E-state index is -4.48. The highest BCUT2D eigenvalue weighted by molar-refractivity contribution is 5.97. The van der Waals surface area contributed by atoms with E-state index in [9.17, 15) is 22.8 Å². The lowest BCUT2D eigenvalue weighted by Gasteiger charge is -2.15. The Hall–Kier alpha value is -4.01. The van der Waals surface area contributed by atoms with E-state index in [1.807, 2.05) is 13.0 Å². The zero-order valence-corrected chi connectivity index (χ0v) is 17.7. The summed E-state index contributed by atoms with van der Waals surface area (Å²) in [6, 6.07) is 12.3. The molecule has 3 aromatic heterocycles. The molecule has 4 rings (SSSR count). The smallest absolute Gasteiger partial charge is 0.344 e. The van der Waals surface area contributed by atoms with Crippen LogP contribution in [0.4, 0.5) is 13.2 Å². The van der Waals surface area contributed by atoms with Gasteiger partial charge in [0.2, 0.25) is 0 Å².